The van der Waals surface area contributed by atoms with Crippen LogP contribution in [0.4, 0.5) is 0 Å². The van der Waals surface area contributed by atoms with E-state index in [-0.39, 0.29) is 32.6 Å². The molecule has 3 rings (SSSR count). The molecule has 1 heterocycles. The van der Waals surface area contributed by atoms with Crippen molar-refractivity contribution in [3.8, 4) is 16.9 Å². The van der Waals surface area contributed by atoms with Gasteiger partial charge in [-0.2, -0.15) is 0 Å². The van der Waals surface area contributed by atoms with E-state index in [0.29, 0.717) is 63.9 Å². The quantitative estimate of drug-likeness (QED) is 0.0366. The van der Waals surface area contributed by atoms with Crippen LogP contribution in [0, 0.1) is 5.92 Å². The van der Waals surface area contributed by atoms with Crippen molar-refractivity contribution in [3.05, 3.63) is 74.2 Å². The summed E-state index contributed by atoms with van der Waals surface area (Å²) in [6, 6.07) is 14.4. The normalized spacial score (nSPS) is 16.3. The van der Waals surface area contributed by atoms with Gasteiger partial charge in [0.05, 0.1) is 102 Å². The highest BCUT2D eigenvalue weighted by molar-refractivity contribution is 7.67. The van der Waals surface area contributed by atoms with E-state index >= 15 is 0 Å². The predicted octanol–water partition coefficient (Wildman–Crippen LogP) is 4.85. The minimum absolute atomic E-state index is 0.128. The molecule has 0 spiro atoms. The first-order valence-corrected chi connectivity index (χ1v) is 18.9. The molecule has 1 aliphatic heterocycles. The lowest BCUT2D eigenvalue weighted by Gasteiger charge is -2.30. The summed E-state index contributed by atoms with van der Waals surface area (Å²) < 4.78 is 74.5. The number of fused-ring (bicyclic) bond motifs is 3. The molecular formula is C37H51O14P. The first kappa shape index (κ1) is 42.7. The second kappa shape index (κ2) is 24.5. The lowest BCUT2D eigenvalue weighted by Crippen LogP contribution is -2.33. The van der Waals surface area contributed by atoms with Gasteiger partial charge in [0, 0.05) is 5.56 Å². The molecule has 52 heavy (non-hydrogen) atoms. The van der Waals surface area contributed by atoms with E-state index in [0.717, 1.165) is 11.1 Å². The molecule has 0 fully saturated rings. The minimum Gasteiger partial charge on any atom is -0.499 e. The van der Waals surface area contributed by atoms with Crippen LogP contribution in [0.3, 0.4) is 0 Å². The van der Waals surface area contributed by atoms with Gasteiger partial charge in [-0.05, 0) is 31.5 Å². The molecular weight excluding hydrogens is 699 g/mol. The summed E-state index contributed by atoms with van der Waals surface area (Å²) in [6.45, 7) is 13.8. The van der Waals surface area contributed by atoms with Gasteiger partial charge in [-0.15, -0.1) is 0 Å². The topological polar surface area (TPSA) is 153 Å². The van der Waals surface area contributed by atoms with Gasteiger partial charge in [0.1, 0.15) is 19.0 Å². The Morgan fingerprint density at radius 1 is 0.673 bits per heavy atom. The molecule has 4 unspecified atom stereocenters. The number of benzene rings is 2. The van der Waals surface area contributed by atoms with Crippen LogP contribution >= 0.6 is 7.37 Å². The Hall–Kier alpha value is -3.75. The van der Waals surface area contributed by atoms with Crippen LogP contribution in [0.1, 0.15) is 20.3 Å². The average Bonchev–Trinajstić information content (AvgIpc) is 3.13. The summed E-state index contributed by atoms with van der Waals surface area (Å²) in [6.07, 6.45) is 0.00631. The van der Waals surface area contributed by atoms with Crippen LogP contribution < -0.4 is 9.83 Å². The highest BCUT2D eigenvalue weighted by atomic mass is 31.2. The average molecular weight is 751 g/mol. The molecule has 0 saturated carbocycles. The maximum Gasteiger partial charge on any atom is 0.312 e. The minimum atomic E-state index is -3.73. The van der Waals surface area contributed by atoms with E-state index in [4.69, 9.17) is 51.9 Å². The standard InChI is InChI=1S/C37H51O14P/c1-5-41-15-17-43-19-21-45-23-25-47-29(3)49-36(38)27-31(37(39)50-30(4)48-26-24-46-22-20-44-18-16-42-6-2)28-52(40)35-14-10-8-12-33(35)32-11-7-9-13-34(32)51-52/h5-14,29-31H,1-2,15-28H2,3-4H3. The summed E-state index contributed by atoms with van der Waals surface area (Å²) in [5.74, 6) is -2.32. The van der Waals surface area contributed by atoms with Gasteiger partial charge in [0.15, 0.2) is 12.6 Å². The third-order valence-corrected chi connectivity index (χ3v) is 9.85. The number of esters is 2. The Morgan fingerprint density at radius 2 is 1.15 bits per heavy atom. The van der Waals surface area contributed by atoms with Crippen LogP contribution in [0.2, 0.25) is 0 Å². The lowest BCUT2D eigenvalue weighted by atomic mass is 10.0. The summed E-state index contributed by atoms with van der Waals surface area (Å²) in [5, 5.41) is 0.450. The van der Waals surface area contributed by atoms with Crippen LogP contribution in [0.15, 0.2) is 74.2 Å². The second-order valence-corrected chi connectivity index (χ2v) is 13.6. The molecule has 1 aliphatic rings. The fraction of sp³-hybridized carbons (Fsp3) is 0.514. The molecule has 0 saturated heterocycles. The maximum atomic E-state index is 14.6. The number of carbonyl (C=O) groups excluding carboxylic acids is 2. The van der Waals surface area contributed by atoms with Gasteiger partial charge < -0.3 is 51.9 Å². The van der Waals surface area contributed by atoms with Crippen molar-refractivity contribution >= 4 is 24.6 Å². The Morgan fingerprint density at radius 3 is 1.73 bits per heavy atom. The molecule has 0 N–H and O–H groups in total. The van der Waals surface area contributed by atoms with Crippen molar-refractivity contribution in [3.63, 3.8) is 0 Å². The summed E-state index contributed by atoms with van der Waals surface area (Å²) >= 11 is 0. The van der Waals surface area contributed by atoms with Crippen LogP contribution in [0.5, 0.6) is 5.75 Å². The van der Waals surface area contributed by atoms with Gasteiger partial charge in [0.25, 0.3) is 7.37 Å². The van der Waals surface area contributed by atoms with Crippen molar-refractivity contribution in [2.24, 2.45) is 5.92 Å². The Kier molecular flexibility index (Phi) is 20.1. The van der Waals surface area contributed by atoms with E-state index in [9.17, 15) is 14.2 Å². The zero-order chi connectivity index (χ0) is 37.4. The molecule has 0 aromatic heterocycles. The molecule has 14 nitrogen and oxygen atoms in total. The molecule has 0 radical (unpaired) electrons. The molecule has 2 aromatic rings. The summed E-state index contributed by atoms with van der Waals surface area (Å²) in [4.78, 5) is 26.7. The first-order valence-electron chi connectivity index (χ1n) is 17.1. The van der Waals surface area contributed by atoms with Crippen molar-refractivity contribution < 1.29 is 66.0 Å². The molecule has 2 aromatic carbocycles. The Labute approximate surface area is 305 Å². The highest BCUT2D eigenvalue weighted by Crippen LogP contribution is 2.55. The number of ether oxygens (including phenoxy) is 10. The number of para-hydroxylation sites is 1. The van der Waals surface area contributed by atoms with Crippen molar-refractivity contribution in [2.45, 2.75) is 32.8 Å². The highest BCUT2D eigenvalue weighted by Gasteiger charge is 2.41. The van der Waals surface area contributed by atoms with E-state index in [2.05, 4.69) is 13.2 Å². The van der Waals surface area contributed by atoms with E-state index in [1.807, 2.05) is 24.3 Å². The largest absolute Gasteiger partial charge is 0.499 e. The van der Waals surface area contributed by atoms with E-state index < -0.39 is 44.2 Å². The monoisotopic (exact) mass is 750 g/mol. The zero-order valence-corrected chi connectivity index (χ0v) is 30.9. The molecule has 15 heteroatoms. The van der Waals surface area contributed by atoms with Crippen molar-refractivity contribution in [1.29, 1.82) is 0 Å². The molecule has 288 valence electrons. The smallest absolute Gasteiger partial charge is 0.312 e. The van der Waals surface area contributed by atoms with Crippen LogP contribution in [-0.4, -0.2) is 110 Å². The van der Waals surface area contributed by atoms with Gasteiger partial charge in [-0.25, -0.2) is 0 Å². The maximum absolute atomic E-state index is 14.6. The number of hydrogen-bond acceptors (Lipinski definition) is 14. The van der Waals surface area contributed by atoms with Crippen LogP contribution in [0.25, 0.3) is 11.1 Å². The number of rotatable bonds is 29. The van der Waals surface area contributed by atoms with E-state index in [1.54, 1.807) is 38.1 Å². The first-order chi connectivity index (χ1) is 25.3. The van der Waals surface area contributed by atoms with Crippen molar-refractivity contribution in [2.75, 3.05) is 85.4 Å². The summed E-state index contributed by atoms with van der Waals surface area (Å²) in [7, 11) is -3.73. The number of carbonyl (C=O) groups is 2. The third-order valence-electron chi connectivity index (χ3n) is 7.31. The fourth-order valence-corrected chi connectivity index (χ4v) is 7.54. The zero-order valence-electron chi connectivity index (χ0n) is 30.0. The SMILES string of the molecule is C=COCCOCCOCCOC(C)OC(=O)CC(CP1(=O)Oc2ccccc2-c2ccccc21)C(=O)OC(C)OCCOCCOCCOC=C. The van der Waals surface area contributed by atoms with E-state index in [1.165, 1.54) is 12.5 Å². The van der Waals surface area contributed by atoms with Gasteiger partial charge in [-0.1, -0.05) is 49.6 Å². The van der Waals surface area contributed by atoms with Gasteiger partial charge in [-0.3, -0.25) is 14.2 Å². The molecule has 4 atom stereocenters. The molecule has 0 bridgehead atoms. The second-order valence-electron chi connectivity index (χ2n) is 11.2. The fourth-order valence-electron chi connectivity index (χ4n) is 4.96. The molecule has 0 amide bonds. The Balaban J connectivity index is 1.55. The summed E-state index contributed by atoms with van der Waals surface area (Å²) in [5.41, 5.74) is 1.51. The van der Waals surface area contributed by atoms with Crippen LogP contribution in [-0.2, 0) is 61.5 Å². The Bertz CT molecular complexity index is 1420. The molecule has 0 aliphatic carbocycles. The van der Waals surface area contributed by atoms with Crippen molar-refractivity contribution in [1.82, 2.24) is 0 Å². The number of hydrogen-bond donors (Lipinski definition) is 0. The third kappa shape index (κ3) is 15.5. The van der Waals surface area contributed by atoms with Gasteiger partial charge >= 0.3 is 11.9 Å². The van der Waals surface area contributed by atoms with Gasteiger partial charge in [0.2, 0.25) is 0 Å². The lowest BCUT2D eigenvalue weighted by molar-refractivity contribution is -0.187. The predicted molar refractivity (Wildman–Crippen MR) is 191 cm³/mol.